The quantitative estimate of drug-likeness (QED) is 0.515. The zero-order chi connectivity index (χ0) is 20.5. The summed E-state index contributed by atoms with van der Waals surface area (Å²) >= 11 is 0. The highest BCUT2D eigenvalue weighted by Crippen LogP contribution is 2.18. The van der Waals surface area contributed by atoms with Crippen molar-refractivity contribution in [1.29, 1.82) is 0 Å². The van der Waals surface area contributed by atoms with Crippen LogP contribution in [0.15, 0.2) is 42.7 Å². The smallest absolute Gasteiger partial charge is 0.330 e. The summed E-state index contributed by atoms with van der Waals surface area (Å²) in [5, 5.41) is 3.44. The third-order valence-corrected chi connectivity index (χ3v) is 4.61. The molecule has 2 aromatic rings. The number of nitrogens with zero attached hydrogens (tertiary/aromatic N) is 3. The van der Waals surface area contributed by atoms with Gasteiger partial charge in [0.15, 0.2) is 0 Å². The summed E-state index contributed by atoms with van der Waals surface area (Å²) in [5.74, 6) is 1.28. The lowest BCUT2D eigenvalue weighted by Gasteiger charge is -2.17. The van der Waals surface area contributed by atoms with Gasteiger partial charge < -0.3 is 14.8 Å². The van der Waals surface area contributed by atoms with Gasteiger partial charge in [0.25, 0.3) is 0 Å². The Kier molecular flexibility index (Phi) is 7.58. The molecule has 0 aliphatic carbocycles. The maximum atomic E-state index is 11.3. The Balaban J connectivity index is 1.46. The summed E-state index contributed by atoms with van der Waals surface area (Å²) in [6.07, 6.45) is 7.35. The highest BCUT2D eigenvalue weighted by molar-refractivity contribution is 5.86. The Labute approximate surface area is 171 Å². The molecule has 7 heteroatoms. The second-order valence-corrected chi connectivity index (χ2v) is 6.85. The number of carbonyl (C=O) groups excluding carboxylic acids is 1. The number of hydrogen-bond donors (Lipinski definition) is 1. The van der Waals surface area contributed by atoms with Crippen LogP contribution >= 0.6 is 0 Å². The SMILES string of the molecule is CCOC(=O)C=Cc1cnc(N[C@@H]2CCN(Cc3ccc(OCC)cc3)C2)cn1. The van der Waals surface area contributed by atoms with Gasteiger partial charge in [-0.05, 0) is 44.0 Å². The Morgan fingerprint density at radius 1 is 1.21 bits per heavy atom. The average molecular weight is 396 g/mol. The minimum Gasteiger partial charge on any atom is -0.494 e. The molecule has 3 rings (SSSR count). The minimum absolute atomic E-state index is 0.341. The second-order valence-electron chi connectivity index (χ2n) is 6.85. The van der Waals surface area contributed by atoms with Crippen molar-refractivity contribution in [3.05, 3.63) is 54.0 Å². The number of likely N-dealkylation sites (tertiary alicyclic amines) is 1. The zero-order valence-electron chi connectivity index (χ0n) is 17.0. The first-order valence-corrected chi connectivity index (χ1v) is 10.0. The van der Waals surface area contributed by atoms with Crippen molar-refractivity contribution in [1.82, 2.24) is 14.9 Å². The number of carbonyl (C=O) groups is 1. The molecule has 154 valence electrons. The lowest BCUT2D eigenvalue weighted by atomic mass is 10.2. The van der Waals surface area contributed by atoms with Crippen LogP contribution in [0, 0.1) is 0 Å². The van der Waals surface area contributed by atoms with Crippen LogP contribution in [0.5, 0.6) is 5.75 Å². The van der Waals surface area contributed by atoms with E-state index in [1.807, 2.05) is 19.1 Å². The largest absolute Gasteiger partial charge is 0.494 e. The number of ether oxygens (including phenoxy) is 2. The van der Waals surface area contributed by atoms with E-state index in [1.165, 1.54) is 11.6 Å². The monoisotopic (exact) mass is 396 g/mol. The molecule has 2 heterocycles. The van der Waals surface area contributed by atoms with E-state index in [9.17, 15) is 4.79 Å². The highest BCUT2D eigenvalue weighted by Gasteiger charge is 2.22. The van der Waals surface area contributed by atoms with E-state index in [2.05, 4.69) is 32.3 Å². The van der Waals surface area contributed by atoms with E-state index in [4.69, 9.17) is 9.47 Å². The van der Waals surface area contributed by atoms with Crippen molar-refractivity contribution in [2.75, 3.05) is 31.6 Å². The van der Waals surface area contributed by atoms with Crippen molar-refractivity contribution >= 4 is 17.9 Å². The van der Waals surface area contributed by atoms with Crippen LogP contribution in [0.3, 0.4) is 0 Å². The predicted octanol–water partition coefficient (Wildman–Crippen LogP) is 3.14. The van der Waals surface area contributed by atoms with Gasteiger partial charge in [-0.3, -0.25) is 9.88 Å². The topological polar surface area (TPSA) is 76.6 Å². The van der Waals surface area contributed by atoms with Crippen molar-refractivity contribution in [2.24, 2.45) is 0 Å². The first-order chi connectivity index (χ1) is 14.2. The Bertz CT molecular complexity index is 806. The van der Waals surface area contributed by atoms with Gasteiger partial charge in [-0.15, -0.1) is 0 Å². The number of aromatic nitrogens is 2. The van der Waals surface area contributed by atoms with E-state index in [-0.39, 0.29) is 5.97 Å². The molecule has 1 atom stereocenters. The molecule has 29 heavy (non-hydrogen) atoms. The Morgan fingerprint density at radius 3 is 2.72 bits per heavy atom. The van der Waals surface area contributed by atoms with Gasteiger partial charge in [0.05, 0.1) is 31.3 Å². The Hall–Kier alpha value is -2.93. The van der Waals surface area contributed by atoms with E-state index >= 15 is 0 Å². The van der Waals surface area contributed by atoms with Gasteiger partial charge in [0.2, 0.25) is 0 Å². The summed E-state index contributed by atoms with van der Waals surface area (Å²) in [5.41, 5.74) is 1.90. The molecule has 0 amide bonds. The van der Waals surface area contributed by atoms with Gasteiger partial charge in [0.1, 0.15) is 11.6 Å². The van der Waals surface area contributed by atoms with Crippen molar-refractivity contribution < 1.29 is 14.3 Å². The molecule has 0 spiro atoms. The molecule has 1 fully saturated rings. The summed E-state index contributed by atoms with van der Waals surface area (Å²) in [7, 11) is 0. The van der Waals surface area contributed by atoms with Gasteiger partial charge >= 0.3 is 5.97 Å². The first kappa shape index (κ1) is 20.8. The number of anilines is 1. The van der Waals surface area contributed by atoms with Crippen LogP contribution in [-0.4, -0.2) is 53.2 Å². The molecule has 1 aliphatic rings. The molecule has 0 radical (unpaired) electrons. The predicted molar refractivity (Wildman–Crippen MR) is 113 cm³/mol. The molecule has 0 bridgehead atoms. The maximum absolute atomic E-state index is 11.3. The highest BCUT2D eigenvalue weighted by atomic mass is 16.5. The number of nitrogens with one attached hydrogen (secondary N) is 1. The van der Waals surface area contributed by atoms with E-state index in [0.717, 1.165) is 37.6 Å². The van der Waals surface area contributed by atoms with E-state index in [1.54, 1.807) is 25.4 Å². The van der Waals surface area contributed by atoms with Crippen molar-refractivity contribution in [3.63, 3.8) is 0 Å². The lowest BCUT2D eigenvalue weighted by Crippen LogP contribution is -2.26. The normalized spacial score (nSPS) is 16.8. The average Bonchev–Trinajstić information content (AvgIpc) is 3.16. The van der Waals surface area contributed by atoms with Gasteiger partial charge in [-0.1, -0.05) is 12.1 Å². The molecular weight excluding hydrogens is 368 g/mol. The fourth-order valence-electron chi connectivity index (χ4n) is 3.26. The standard InChI is InChI=1S/C22H28N4O3/c1-3-28-20-8-5-17(6-9-20)15-26-12-11-19(16-26)25-21-14-23-18(13-24-21)7-10-22(27)29-4-2/h5-10,13-14,19H,3-4,11-12,15-16H2,1-2H3,(H,24,25)/t19-/m1/s1. The zero-order valence-corrected chi connectivity index (χ0v) is 17.0. The third kappa shape index (κ3) is 6.57. The van der Waals surface area contributed by atoms with Crippen LogP contribution in [0.2, 0.25) is 0 Å². The summed E-state index contributed by atoms with van der Waals surface area (Å²) in [6.45, 7) is 7.72. The van der Waals surface area contributed by atoms with Crippen LogP contribution < -0.4 is 10.1 Å². The summed E-state index contributed by atoms with van der Waals surface area (Å²) in [4.78, 5) is 22.5. The van der Waals surface area contributed by atoms with Crippen LogP contribution in [0.4, 0.5) is 5.82 Å². The molecule has 1 N–H and O–H groups in total. The molecular formula is C22H28N4O3. The molecule has 1 aromatic heterocycles. The fraction of sp³-hybridized carbons (Fsp3) is 0.409. The van der Waals surface area contributed by atoms with Gasteiger partial charge in [0, 0.05) is 31.8 Å². The summed E-state index contributed by atoms with van der Waals surface area (Å²) < 4.78 is 10.3. The number of hydrogen-bond acceptors (Lipinski definition) is 7. The van der Waals surface area contributed by atoms with Gasteiger partial charge in [-0.2, -0.15) is 0 Å². The first-order valence-electron chi connectivity index (χ1n) is 10.0. The molecule has 7 nitrogen and oxygen atoms in total. The van der Waals surface area contributed by atoms with E-state index in [0.29, 0.717) is 24.9 Å². The second kappa shape index (κ2) is 10.6. The molecule has 0 unspecified atom stereocenters. The number of esters is 1. The summed E-state index contributed by atoms with van der Waals surface area (Å²) in [6, 6.07) is 8.64. The third-order valence-electron chi connectivity index (χ3n) is 4.61. The fourth-order valence-corrected chi connectivity index (χ4v) is 3.26. The van der Waals surface area contributed by atoms with Gasteiger partial charge in [-0.25, -0.2) is 9.78 Å². The van der Waals surface area contributed by atoms with Crippen LogP contribution in [0.1, 0.15) is 31.5 Å². The minimum atomic E-state index is -0.380. The maximum Gasteiger partial charge on any atom is 0.330 e. The van der Waals surface area contributed by atoms with Crippen molar-refractivity contribution in [2.45, 2.75) is 32.9 Å². The molecule has 1 aromatic carbocycles. The molecule has 0 saturated carbocycles. The van der Waals surface area contributed by atoms with Crippen molar-refractivity contribution in [3.8, 4) is 5.75 Å². The molecule has 1 aliphatic heterocycles. The van der Waals surface area contributed by atoms with Crippen LogP contribution in [0.25, 0.3) is 6.08 Å². The number of benzene rings is 1. The van der Waals surface area contributed by atoms with E-state index < -0.39 is 0 Å². The number of rotatable bonds is 9. The van der Waals surface area contributed by atoms with Crippen LogP contribution in [-0.2, 0) is 16.1 Å². The lowest BCUT2D eigenvalue weighted by molar-refractivity contribution is -0.137. The Morgan fingerprint density at radius 2 is 2.03 bits per heavy atom. The molecule has 1 saturated heterocycles.